The van der Waals surface area contributed by atoms with Gasteiger partial charge in [-0.1, -0.05) is 12.1 Å². The highest BCUT2D eigenvalue weighted by Crippen LogP contribution is 2.37. The number of nitrogens with one attached hydrogen (secondary N) is 2. The Labute approximate surface area is 162 Å². The lowest BCUT2D eigenvalue weighted by Gasteiger charge is -2.17. The van der Waals surface area contributed by atoms with Crippen molar-refractivity contribution in [1.29, 1.82) is 0 Å². The van der Waals surface area contributed by atoms with Gasteiger partial charge in [-0.05, 0) is 55.7 Å². The molecule has 0 radical (unpaired) electrons. The Morgan fingerprint density at radius 2 is 1.48 bits per heavy atom. The van der Waals surface area contributed by atoms with Gasteiger partial charge in [-0.15, -0.1) is 0 Å². The van der Waals surface area contributed by atoms with E-state index < -0.39 is 41.2 Å². The molecule has 10 heteroatoms. The van der Waals surface area contributed by atoms with Crippen molar-refractivity contribution in [3.05, 3.63) is 59.2 Å². The number of carbonyl (C=O) groups excluding carboxylic acids is 1. The molecule has 1 atom stereocenters. The Balaban J connectivity index is 2.02. The maximum Gasteiger partial charge on any atom is 0.416 e. The van der Waals surface area contributed by atoms with Gasteiger partial charge in [-0.3, -0.25) is 0 Å². The van der Waals surface area contributed by atoms with Gasteiger partial charge in [0.15, 0.2) is 0 Å². The first kappa shape index (κ1) is 22.4. The maximum absolute atomic E-state index is 12.9. The van der Waals surface area contributed by atoms with Crippen molar-refractivity contribution in [1.82, 2.24) is 5.32 Å². The highest BCUT2D eigenvalue weighted by atomic mass is 19.4. The van der Waals surface area contributed by atoms with Gasteiger partial charge in [0.05, 0.1) is 11.1 Å². The van der Waals surface area contributed by atoms with Crippen molar-refractivity contribution in [3.8, 4) is 5.75 Å². The van der Waals surface area contributed by atoms with Crippen molar-refractivity contribution in [2.24, 2.45) is 0 Å². The van der Waals surface area contributed by atoms with E-state index in [1.54, 1.807) is 19.1 Å². The predicted molar refractivity (Wildman–Crippen MR) is 94.5 cm³/mol. The topological polar surface area (TPSA) is 61.4 Å². The summed E-state index contributed by atoms with van der Waals surface area (Å²) in [5, 5.41) is 13.7. The van der Waals surface area contributed by atoms with Crippen LogP contribution in [-0.2, 0) is 18.8 Å². The molecule has 2 aromatic rings. The number of phenolic OH excluding ortho intramolecular Hbond substituents is 1. The second-order valence-corrected chi connectivity index (χ2v) is 6.50. The largest absolute Gasteiger partial charge is 0.508 e. The van der Waals surface area contributed by atoms with E-state index in [-0.39, 0.29) is 11.8 Å². The van der Waals surface area contributed by atoms with Crippen molar-refractivity contribution >= 4 is 11.7 Å². The number of anilines is 1. The number of carbonyl (C=O) groups is 1. The number of urea groups is 1. The maximum atomic E-state index is 12.9. The number of rotatable bonds is 5. The second-order valence-electron chi connectivity index (χ2n) is 6.50. The zero-order chi connectivity index (χ0) is 21.8. The lowest BCUT2D eigenvalue weighted by molar-refractivity contribution is -0.143. The van der Waals surface area contributed by atoms with Crippen molar-refractivity contribution in [2.75, 3.05) is 5.32 Å². The molecule has 29 heavy (non-hydrogen) atoms. The Morgan fingerprint density at radius 3 is 1.97 bits per heavy atom. The summed E-state index contributed by atoms with van der Waals surface area (Å²) in [5.74, 6) is 0.110. The Kier molecular flexibility index (Phi) is 6.66. The third kappa shape index (κ3) is 6.88. The van der Waals surface area contributed by atoms with E-state index in [0.717, 1.165) is 5.56 Å². The van der Waals surface area contributed by atoms with Crippen LogP contribution in [0.3, 0.4) is 0 Å². The molecule has 158 valence electrons. The summed E-state index contributed by atoms with van der Waals surface area (Å²) >= 11 is 0. The monoisotopic (exact) mass is 420 g/mol. The quantitative estimate of drug-likeness (QED) is 0.554. The first-order valence-electron chi connectivity index (χ1n) is 8.49. The van der Waals surface area contributed by atoms with Gasteiger partial charge >= 0.3 is 18.4 Å². The number of amides is 2. The number of alkyl halides is 6. The van der Waals surface area contributed by atoms with Gasteiger partial charge in [0.2, 0.25) is 0 Å². The molecule has 0 aliphatic carbocycles. The summed E-state index contributed by atoms with van der Waals surface area (Å²) in [6, 6.07) is 5.95. The van der Waals surface area contributed by atoms with E-state index in [2.05, 4.69) is 5.32 Å². The molecule has 0 spiro atoms. The van der Waals surface area contributed by atoms with Crippen LogP contribution in [0, 0.1) is 0 Å². The zero-order valence-electron chi connectivity index (χ0n) is 15.2. The highest BCUT2D eigenvalue weighted by Gasteiger charge is 2.37. The molecule has 4 nitrogen and oxygen atoms in total. The number of hydrogen-bond donors (Lipinski definition) is 3. The van der Waals surface area contributed by atoms with Gasteiger partial charge in [0, 0.05) is 11.7 Å². The summed E-state index contributed by atoms with van der Waals surface area (Å²) in [4.78, 5) is 12.0. The second kappa shape index (κ2) is 8.62. The predicted octanol–water partition coefficient (Wildman–Crippen LogP) is 5.57. The number of halogens is 6. The van der Waals surface area contributed by atoms with E-state index in [4.69, 9.17) is 0 Å². The first-order valence-corrected chi connectivity index (χ1v) is 8.49. The molecule has 2 rings (SSSR count). The molecule has 0 aliphatic heterocycles. The molecule has 0 saturated heterocycles. The Bertz CT molecular complexity index is 815. The average molecular weight is 420 g/mol. The molecule has 2 amide bonds. The molecule has 0 heterocycles. The van der Waals surface area contributed by atoms with Crippen LogP contribution in [0.2, 0.25) is 0 Å². The van der Waals surface area contributed by atoms with Gasteiger partial charge in [0.1, 0.15) is 5.75 Å². The SMILES string of the molecule is CC(CCc1ccc(O)cc1)NC(=O)Nc1cc(C(F)(F)F)cc(C(F)(F)F)c1. The van der Waals surface area contributed by atoms with Crippen LogP contribution in [0.1, 0.15) is 30.0 Å². The lowest BCUT2D eigenvalue weighted by Crippen LogP contribution is -2.36. The molecule has 0 saturated carbocycles. The van der Waals surface area contributed by atoms with E-state index >= 15 is 0 Å². The smallest absolute Gasteiger partial charge is 0.416 e. The molecule has 3 N–H and O–H groups in total. The summed E-state index contributed by atoms with van der Waals surface area (Å²) in [6.45, 7) is 1.65. The minimum Gasteiger partial charge on any atom is -0.508 e. The molecule has 1 unspecified atom stereocenters. The fourth-order valence-electron chi connectivity index (χ4n) is 2.54. The summed E-state index contributed by atoms with van der Waals surface area (Å²) in [5.41, 5.74) is -2.74. The van der Waals surface area contributed by atoms with Gasteiger partial charge < -0.3 is 15.7 Å². The number of hydrogen-bond acceptors (Lipinski definition) is 2. The van der Waals surface area contributed by atoms with Gasteiger partial charge in [-0.25, -0.2) is 4.79 Å². The van der Waals surface area contributed by atoms with Crippen molar-refractivity contribution < 1.29 is 36.2 Å². The van der Waals surface area contributed by atoms with E-state index in [9.17, 15) is 36.2 Å². The van der Waals surface area contributed by atoms with Crippen LogP contribution in [0.25, 0.3) is 0 Å². The Hall–Kier alpha value is -2.91. The number of aryl methyl sites for hydroxylation is 1. The zero-order valence-corrected chi connectivity index (χ0v) is 15.2. The van der Waals surface area contributed by atoms with Crippen LogP contribution in [0.4, 0.5) is 36.8 Å². The first-order chi connectivity index (χ1) is 13.3. The van der Waals surface area contributed by atoms with E-state index in [1.165, 1.54) is 12.1 Å². The normalized spacial score (nSPS) is 13.1. The third-order valence-electron chi connectivity index (χ3n) is 4.03. The van der Waals surface area contributed by atoms with E-state index in [1.807, 2.05) is 5.32 Å². The minimum absolute atomic E-state index is 0.0106. The molecule has 0 aliphatic rings. The Morgan fingerprint density at radius 1 is 0.966 bits per heavy atom. The van der Waals surface area contributed by atoms with Crippen LogP contribution in [0.5, 0.6) is 5.75 Å². The van der Waals surface area contributed by atoms with Crippen molar-refractivity contribution in [3.63, 3.8) is 0 Å². The van der Waals surface area contributed by atoms with Gasteiger partial charge in [0.25, 0.3) is 0 Å². The number of aromatic hydroxyl groups is 1. The van der Waals surface area contributed by atoms with Gasteiger partial charge in [-0.2, -0.15) is 26.3 Å². The molecule has 0 bridgehead atoms. The fourth-order valence-corrected chi connectivity index (χ4v) is 2.54. The van der Waals surface area contributed by atoms with Crippen LogP contribution in [0.15, 0.2) is 42.5 Å². The third-order valence-corrected chi connectivity index (χ3v) is 4.03. The molecule has 0 fully saturated rings. The summed E-state index contributed by atoms with van der Waals surface area (Å²) in [7, 11) is 0. The number of benzene rings is 2. The summed E-state index contributed by atoms with van der Waals surface area (Å²) in [6.07, 6.45) is -8.98. The molecular formula is C19H18F6N2O2. The standard InChI is InChI=1S/C19H18F6N2O2/c1-11(2-3-12-4-6-16(28)7-5-12)26-17(29)27-15-9-13(18(20,21)22)8-14(10-15)19(23,24)25/h4-11,28H,2-3H2,1H3,(H2,26,27,29). The number of phenols is 1. The van der Waals surface area contributed by atoms with Crippen LogP contribution >= 0.6 is 0 Å². The van der Waals surface area contributed by atoms with Crippen LogP contribution in [-0.4, -0.2) is 17.2 Å². The van der Waals surface area contributed by atoms with Crippen LogP contribution < -0.4 is 10.6 Å². The van der Waals surface area contributed by atoms with Crippen molar-refractivity contribution in [2.45, 2.75) is 38.2 Å². The summed E-state index contributed by atoms with van der Waals surface area (Å²) < 4.78 is 77.2. The fraction of sp³-hybridized carbons (Fsp3) is 0.316. The highest BCUT2D eigenvalue weighted by molar-refractivity contribution is 5.89. The lowest BCUT2D eigenvalue weighted by atomic mass is 10.1. The molecule has 0 aromatic heterocycles. The molecular weight excluding hydrogens is 402 g/mol. The molecule has 2 aromatic carbocycles. The average Bonchev–Trinajstić information content (AvgIpc) is 2.59. The van der Waals surface area contributed by atoms with E-state index in [0.29, 0.717) is 25.0 Å². The minimum atomic E-state index is -4.99.